The Morgan fingerprint density at radius 1 is 1.24 bits per heavy atom. The molecule has 0 spiro atoms. The molecule has 0 amide bonds. The van der Waals surface area contributed by atoms with Gasteiger partial charge < -0.3 is 33.1 Å². The highest BCUT2D eigenvalue weighted by molar-refractivity contribution is 7.91. The molecule has 41 heavy (non-hydrogen) atoms. The minimum Gasteiger partial charge on any atom is -0.591 e. The number of hydrogen-bond donors (Lipinski definition) is 0. The van der Waals surface area contributed by atoms with Crippen molar-refractivity contribution in [3.05, 3.63) is 11.3 Å². The molecule has 0 bridgehead atoms. The van der Waals surface area contributed by atoms with Gasteiger partial charge >= 0.3 is 5.97 Å². The van der Waals surface area contributed by atoms with Gasteiger partial charge in [-0.15, -0.1) is 0 Å². The van der Waals surface area contributed by atoms with E-state index in [-0.39, 0.29) is 26.5 Å². The van der Waals surface area contributed by atoms with Crippen molar-refractivity contribution in [2.24, 2.45) is 16.2 Å². The van der Waals surface area contributed by atoms with Crippen molar-refractivity contribution in [2.75, 3.05) is 21.2 Å². The standard InChI is InChI=1S/C29H51N2O8PS/c1-17(16-30-41(34)27(5,6)7)15-29(10,35-13)24(19(3)22-20(4)25(32)39-28(8,9)38-22)37-26-23(40-33)21(31(11)12)14-18(2)36-26/h16-19,21,23-24,26H,14-15H2,1-13H3/t17-,18-,19+,21?,23-,24-,26+,29-,41?/m1/s1. The largest absolute Gasteiger partial charge is 0.591 e. The number of cyclic esters (lactones) is 1. The molecule has 0 saturated carbocycles. The fourth-order valence-corrected chi connectivity index (χ4v) is 6.77. The van der Waals surface area contributed by atoms with E-state index in [1.165, 1.54) is 0 Å². The molecule has 0 aromatic rings. The van der Waals surface area contributed by atoms with Crippen LogP contribution in [-0.4, -0.2) is 89.2 Å². The van der Waals surface area contributed by atoms with E-state index < -0.39 is 57.4 Å². The summed E-state index contributed by atoms with van der Waals surface area (Å²) in [5.41, 5.74) is -1.05. The predicted molar refractivity (Wildman–Crippen MR) is 161 cm³/mol. The molecule has 2 aliphatic rings. The van der Waals surface area contributed by atoms with Crippen LogP contribution in [0.2, 0.25) is 0 Å². The van der Waals surface area contributed by atoms with Crippen LogP contribution in [0.25, 0.3) is 0 Å². The van der Waals surface area contributed by atoms with E-state index in [1.807, 2.05) is 67.5 Å². The van der Waals surface area contributed by atoms with Crippen LogP contribution in [0.5, 0.6) is 0 Å². The van der Waals surface area contributed by atoms with Gasteiger partial charge in [-0.05, 0) is 74.4 Å². The molecule has 0 radical (unpaired) electrons. The highest BCUT2D eigenvalue weighted by Crippen LogP contribution is 2.41. The zero-order valence-electron chi connectivity index (χ0n) is 27.0. The summed E-state index contributed by atoms with van der Waals surface area (Å²) in [5, 5.41) is 0. The minimum absolute atomic E-state index is 0.0353. The van der Waals surface area contributed by atoms with E-state index in [9.17, 15) is 13.9 Å². The van der Waals surface area contributed by atoms with Crippen LogP contribution in [0.15, 0.2) is 15.7 Å². The highest BCUT2D eigenvalue weighted by atomic mass is 32.2. The fourth-order valence-electron chi connectivity index (χ4n) is 5.37. The Kier molecular flexibility index (Phi) is 12.5. The molecule has 1 saturated heterocycles. The van der Waals surface area contributed by atoms with E-state index in [0.717, 1.165) is 0 Å². The fraction of sp³-hybridized carbons (Fsp3) is 0.862. The number of carbonyl (C=O) groups excluding carboxylic acids is 1. The molecular weight excluding hydrogens is 567 g/mol. The molecule has 12 heteroatoms. The summed E-state index contributed by atoms with van der Waals surface area (Å²) in [6.07, 6.45) is 1.21. The lowest BCUT2D eigenvalue weighted by molar-refractivity contribution is -0.265. The third kappa shape index (κ3) is 9.21. The van der Waals surface area contributed by atoms with Crippen LogP contribution in [0.3, 0.4) is 0 Å². The number of esters is 1. The first-order valence-electron chi connectivity index (χ1n) is 14.2. The smallest absolute Gasteiger partial charge is 0.340 e. The van der Waals surface area contributed by atoms with E-state index >= 15 is 0 Å². The lowest BCUT2D eigenvalue weighted by Gasteiger charge is -2.47. The Hall–Kier alpha value is -1.07. The normalized spacial score (nSPS) is 30.1. The zero-order valence-corrected chi connectivity index (χ0v) is 28.8. The Balaban J connectivity index is 2.55. The number of nitrogens with zero attached hydrogens (tertiary/aromatic N) is 2. The summed E-state index contributed by atoms with van der Waals surface area (Å²) in [4.78, 5) is 14.8. The summed E-state index contributed by atoms with van der Waals surface area (Å²) >= 11 is -1.40. The van der Waals surface area contributed by atoms with Crippen LogP contribution < -0.4 is 0 Å². The Morgan fingerprint density at radius 3 is 2.37 bits per heavy atom. The van der Waals surface area contributed by atoms with Crippen LogP contribution in [0.1, 0.15) is 82.1 Å². The topological polar surface area (TPSA) is 119 Å². The van der Waals surface area contributed by atoms with Crippen molar-refractivity contribution in [2.45, 2.75) is 128 Å². The third-order valence-electron chi connectivity index (χ3n) is 7.65. The molecular formula is C29H51N2O8PS. The Bertz CT molecular complexity index is 984. The number of ether oxygens (including phenoxy) is 5. The monoisotopic (exact) mass is 618 g/mol. The summed E-state index contributed by atoms with van der Waals surface area (Å²) in [6, 6.07) is -0.0353. The number of hydrogen-bond acceptors (Lipinski definition) is 10. The van der Waals surface area contributed by atoms with Crippen molar-refractivity contribution >= 4 is 32.0 Å². The van der Waals surface area contributed by atoms with Gasteiger partial charge in [0.2, 0.25) is 5.79 Å². The maximum Gasteiger partial charge on any atom is 0.340 e. The van der Waals surface area contributed by atoms with Crippen molar-refractivity contribution in [1.82, 2.24) is 4.90 Å². The van der Waals surface area contributed by atoms with Crippen molar-refractivity contribution < 1.29 is 37.6 Å². The van der Waals surface area contributed by atoms with Gasteiger partial charge in [0.1, 0.15) is 27.5 Å². The molecule has 2 heterocycles. The Labute approximate surface area is 251 Å². The summed E-state index contributed by atoms with van der Waals surface area (Å²) in [7, 11) is 5.43. The first-order valence-corrected chi connectivity index (χ1v) is 16.2. The van der Waals surface area contributed by atoms with E-state index in [1.54, 1.807) is 34.1 Å². The van der Waals surface area contributed by atoms with Crippen LogP contribution >= 0.6 is 8.46 Å². The van der Waals surface area contributed by atoms with Crippen molar-refractivity contribution in [1.29, 1.82) is 0 Å². The van der Waals surface area contributed by atoms with Gasteiger partial charge in [0.25, 0.3) is 0 Å². The van der Waals surface area contributed by atoms with E-state index in [2.05, 4.69) is 4.40 Å². The van der Waals surface area contributed by atoms with Crippen LogP contribution in [-0.2, 0) is 44.4 Å². The van der Waals surface area contributed by atoms with Crippen molar-refractivity contribution in [3.63, 3.8) is 0 Å². The van der Waals surface area contributed by atoms with Crippen LogP contribution in [0, 0.1) is 11.8 Å². The summed E-state index contributed by atoms with van der Waals surface area (Å²) in [6.45, 7) is 18.5. The lowest BCUT2D eigenvalue weighted by Crippen LogP contribution is -2.57. The third-order valence-corrected chi connectivity index (χ3v) is 9.84. The quantitative estimate of drug-likeness (QED) is 0.125. The van der Waals surface area contributed by atoms with Gasteiger partial charge in [-0.3, -0.25) is 4.57 Å². The zero-order chi connectivity index (χ0) is 31.5. The molecule has 0 N–H and O–H groups in total. The van der Waals surface area contributed by atoms with Gasteiger partial charge in [-0.25, -0.2) is 4.79 Å². The first kappa shape index (κ1) is 36.1. The van der Waals surface area contributed by atoms with Crippen LogP contribution in [0.4, 0.5) is 0 Å². The first-order chi connectivity index (χ1) is 18.8. The molecule has 2 rings (SSSR count). The average Bonchev–Trinajstić information content (AvgIpc) is 2.86. The molecule has 0 aliphatic carbocycles. The molecule has 10 nitrogen and oxygen atoms in total. The van der Waals surface area contributed by atoms with Gasteiger partial charge in [-0.2, -0.15) is 0 Å². The minimum atomic E-state index is -1.40. The SMILES string of the molecule is CO[C@](C)(C[C@@H](C)C=N[S+]([O-])C(C)(C)C)[C@H](O[C@@H]1O[C@H](C)CC(N(C)C)[C@H]1P=O)[C@@H](C)C1=C(C)C(=O)OC(C)(C)O1. The second-order valence-corrected chi connectivity index (χ2v) is 16.0. The molecule has 2 aliphatic heterocycles. The number of methoxy groups -OCH3 is 1. The second kappa shape index (κ2) is 14.1. The summed E-state index contributed by atoms with van der Waals surface area (Å²) in [5.74, 6) is -1.80. The van der Waals surface area contributed by atoms with Gasteiger partial charge in [-0.1, -0.05) is 18.2 Å². The second-order valence-electron chi connectivity index (χ2n) is 13.2. The highest BCUT2D eigenvalue weighted by Gasteiger charge is 2.49. The molecule has 0 aromatic heterocycles. The maximum absolute atomic E-state index is 12.8. The van der Waals surface area contributed by atoms with Crippen molar-refractivity contribution in [3.8, 4) is 0 Å². The molecule has 1 fully saturated rings. The lowest BCUT2D eigenvalue weighted by atomic mass is 9.80. The molecule has 2 unspecified atom stereocenters. The van der Waals surface area contributed by atoms with E-state index in [0.29, 0.717) is 24.2 Å². The van der Waals surface area contributed by atoms with Gasteiger partial charge in [0.15, 0.2) is 14.8 Å². The molecule has 236 valence electrons. The van der Waals surface area contributed by atoms with E-state index in [4.69, 9.17) is 23.7 Å². The summed E-state index contributed by atoms with van der Waals surface area (Å²) < 4.78 is 59.8. The molecule has 9 atom stereocenters. The van der Waals surface area contributed by atoms with Gasteiger partial charge in [0, 0.05) is 32.9 Å². The number of carbonyl (C=O) groups is 1. The Morgan fingerprint density at radius 2 is 1.85 bits per heavy atom. The molecule has 0 aromatic carbocycles. The van der Waals surface area contributed by atoms with Gasteiger partial charge in [0.05, 0.1) is 29.6 Å². The average molecular weight is 619 g/mol. The predicted octanol–water partition coefficient (Wildman–Crippen LogP) is 5.28. The maximum atomic E-state index is 12.8. The number of rotatable bonds is 12.